The van der Waals surface area contributed by atoms with Crippen molar-refractivity contribution in [1.29, 1.82) is 0 Å². The number of aromatic nitrogens is 2. The second-order valence-corrected chi connectivity index (χ2v) is 3.06. The molecule has 2 rings (SSSR count). The summed E-state index contributed by atoms with van der Waals surface area (Å²) < 4.78 is 25.8. The molecule has 1 saturated heterocycles. The first-order chi connectivity index (χ1) is 7.46. The highest BCUT2D eigenvalue weighted by Crippen LogP contribution is 2.18. The van der Waals surface area contributed by atoms with Gasteiger partial charge in [0.25, 0.3) is 0 Å². The number of hydrogen-bond acceptors (Lipinski definition) is 4. The van der Waals surface area contributed by atoms with E-state index in [0.29, 0.717) is 18.9 Å². The molecule has 0 aromatic carbocycles. The molecule has 0 bridgehead atoms. The van der Waals surface area contributed by atoms with Crippen LogP contribution in [0.2, 0.25) is 0 Å². The van der Waals surface area contributed by atoms with Gasteiger partial charge in [0, 0.05) is 32.4 Å². The van der Waals surface area contributed by atoms with Crippen molar-refractivity contribution in [2.75, 3.05) is 25.0 Å². The lowest BCUT2D eigenvalue weighted by atomic mass is 10.3. The summed E-state index contributed by atoms with van der Waals surface area (Å²) in [5.74, 6) is 0.677. The number of ether oxygens (including phenoxy) is 1. The lowest BCUT2D eigenvalue weighted by molar-refractivity contribution is 0.0217. The van der Waals surface area contributed by atoms with Gasteiger partial charge < -0.3 is 14.7 Å². The number of rotatable bonds is 2. The number of nitrogens with one attached hydrogen (secondary N) is 1. The number of aliphatic hydroxyl groups is 1. The van der Waals surface area contributed by atoms with Gasteiger partial charge in [-0.15, -0.1) is 0 Å². The summed E-state index contributed by atoms with van der Waals surface area (Å²) in [5, 5.41) is 16.3. The maximum Gasteiger partial charge on any atom is 0.150 e. The topological polar surface area (TPSA) is 61.4 Å². The van der Waals surface area contributed by atoms with Crippen molar-refractivity contribution < 1.29 is 14.0 Å². The molecule has 0 aliphatic carbocycles. The molecule has 1 aromatic rings. The summed E-state index contributed by atoms with van der Waals surface area (Å²) in [6.07, 6.45) is 0.154. The fourth-order valence-corrected chi connectivity index (χ4v) is 1.49. The highest BCUT2D eigenvalue weighted by Gasteiger charge is 2.31. The normalized spacial score (nSPS) is 32.7. The van der Waals surface area contributed by atoms with Crippen molar-refractivity contribution in [2.24, 2.45) is 0 Å². The van der Waals surface area contributed by atoms with Crippen molar-refractivity contribution >= 4 is 5.82 Å². The molecule has 13 heavy (non-hydrogen) atoms. The van der Waals surface area contributed by atoms with Gasteiger partial charge in [-0.3, -0.25) is 5.10 Å². The molecule has 0 amide bonds. The minimum absolute atomic E-state index is 0.324. The summed E-state index contributed by atoms with van der Waals surface area (Å²) in [6.45, 7) is 0.649. The lowest BCUT2D eigenvalue weighted by Gasteiger charge is -2.13. The summed E-state index contributed by atoms with van der Waals surface area (Å²) in [4.78, 5) is 1.78. The quantitative estimate of drug-likeness (QED) is 0.660. The molecule has 2 atom stereocenters. The van der Waals surface area contributed by atoms with Crippen LogP contribution in [0.3, 0.4) is 0 Å². The molecule has 0 radical (unpaired) electrons. The largest absolute Gasteiger partial charge is 0.388 e. The van der Waals surface area contributed by atoms with Crippen molar-refractivity contribution in [3.8, 4) is 0 Å². The van der Waals surface area contributed by atoms with Crippen LogP contribution >= 0.6 is 0 Å². The Morgan fingerprint density at radius 1 is 1.85 bits per heavy atom. The van der Waals surface area contributed by atoms with Crippen molar-refractivity contribution in [3.05, 3.63) is 12.3 Å². The zero-order valence-electron chi connectivity index (χ0n) is 9.97. The van der Waals surface area contributed by atoms with Crippen LogP contribution in [-0.2, 0) is 4.74 Å². The number of aliphatic hydroxyl groups excluding tert-OH is 1. The number of anilines is 1. The molecular weight excluding hydrogens is 170 g/mol. The first kappa shape index (κ1) is 5.62. The molecular formula is C8H13N3O2. The number of β-amino-alcohol motifs (C(OH)–C–C–N with tert-alkyl or cyclic N) is 1. The second-order valence-electron chi connectivity index (χ2n) is 3.06. The van der Waals surface area contributed by atoms with Crippen LogP contribution in [0.25, 0.3) is 0 Å². The molecule has 1 fully saturated rings. The molecule has 0 unspecified atom stereocenters. The molecule has 0 saturated carbocycles. The lowest BCUT2D eigenvalue weighted by Crippen LogP contribution is -2.25. The van der Waals surface area contributed by atoms with E-state index in [-0.39, 0.29) is 0 Å². The van der Waals surface area contributed by atoms with Gasteiger partial charge >= 0.3 is 0 Å². The number of H-pyrrole nitrogens is 1. The average molecular weight is 186 g/mol. The van der Waals surface area contributed by atoms with Crippen LogP contribution in [0.4, 0.5) is 5.82 Å². The number of methoxy groups -OCH3 is 1. The molecule has 1 aliphatic rings. The Morgan fingerprint density at radius 2 is 2.77 bits per heavy atom. The Hall–Kier alpha value is -1.07. The third kappa shape index (κ3) is 1.52. The predicted molar refractivity (Wildman–Crippen MR) is 47.6 cm³/mol. The highest BCUT2D eigenvalue weighted by atomic mass is 16.5. The Balaban J connectivity index is 1.99. The van der Waals surface area contributed by atoms with E-state index in [1.807, 2.05) is 0 Å². The van der Waals surface area contributed by atoms with Crippen LogP contribution in [0.5, 0.6) is 0 Å². The minimum Gasteiger partial charge on any atom is -0.388 e. The third-order valence-corrected chi connectivity index (χ3v) is 2.20. The fourth-order valence-electron chi connectivity index (χ4n) is 1.49. The number of hydrogen-bond donors (Lipinski definition) is 2. The van der Waals surface area contributed by atoms with E-state index < -0.39 is 19.2 Å². The third-order valence-electron chi connectivity index (χ3n) is 2.20. The smallest absolute Gasteiger partial charge is 0.150 e. The van der Waals surface area contributed by atoms with Gasteiger partial charge in [-0.2, -0.15) is 5.10 Å². The van der Waals surface area contributed by atoms with E-state index in [2.05, 4.69) is 10.2 Å². The first-order valence-corrected chi connectivity index (χ1v) is 4.06. The first-order valence-electron chi connectivity index (χ1n) is 5.56. The molecule has 5 heteroatoms. The predicted octanol–water partition coefficient (Wildman–Crippen LogP) is -0.394. The molecule has 0 spiro atoms. The van der Waals surface area contributed by atoms with Gasteiger partial charge in [0.05, 0.1) is 10.2 Å². The Bertz CT molecular complexity index is 341. The molecule has 1 aromatic heterocycles. The summed E-state index contributed by atoms with van der Waals surface area (Å²) in [7, 11) is -2.48. The van der Waals surface area contributed by atoms with Crippen LogP contribution in [0.1, 0.15) is 4.11 Å². The van der Waals surface area contributed by atoms with Crippen molar-refractivity contribution in [1.82, 2.24) is 10.2 Å². The van der Waals surface area contributed by atoms with Gasteiger partial charge in [0.1, 0.15) is 11.9 Å². The minimum atomic E-state index is -2.48. The summed E-state index contributed by atoms with van der Waals surface area (Å²) in [5.41, 5.74) is 0. The van der Waals surface area contributed by atoms with Crippen LogP contribution < -0.4 is 4.90 Å². The highest BCUT2D eigenvalue weighted by molar-refractivity contribution is 5.38. The maximum absolute atomic E-state index is 9.67. The van der Waals surface area contributed by atoms with Gasteiger partial charge in [0.15, 0.2) is 0 Å². The van der Waals surface area contributed by atoms with Gasteiger partial charge in [-0.25, -0.2) is 0 Å². The van der Waals surface area contributed by atoms with Gasteiger partial charge in [-0.05, 0) is 0 Å². The van der Waals surface area contributed by atoms with Crippen molar-refractivity contribution in [3.63, 3.8) is 0 Å². The van der Waals surface area contributed by atoms with E-state index in [4.69, 9.17) is 8.85 Å². The molecule has 2 heterocycles. The zero-order valence-corrected chi connectivity index (χ0v) is 6.97. The van der Waals surface area contributed by atoms with Crippen molar-refractivity contribution in [2.45, 2.75) is 12.2 Å². The van der Waals surface area contributed by atoms with E-state index in [1.165, 1.54) is 0 Å². The van der Waals surface area contributed by atoms with E-state index in [1.54, 1.807) is 17.2 Å². The molecule has 2 N–H and O–H groups in total. The standard InChI is InChI=1S/C8H13N3O2/c1-13-7-5-11(4-6(7)12)8-2-3-9-10-8/h2-3,6-7,12H,4-5H2,1H3,(H,9,10)/t6-,7+/m1/s1/i1D3. The van der Waals surface area contributed by atoms with Gasteiger partial charge in [0.2, 0.25) is 0 Å². The van der Waals surface area contributed by atoms with E-state index in [0.717, 1.165) is 0 Å². The van der Waals surface area contributed by atoms with Crippen LogP contribution in [-0.4, -0.2) is 47.6 Å². The molecule has 5 nitrogen and oxygen atoms in total. The van der Waals surface area contributed by atoms with Gasteiger partial charge in [-0.1, -0.05) is 0 Å². The summed E-state index contributed by atoms with van der Waals surface area (Å²) in [6, 6.07) is 1.75. The second kappa shape index (κ2) is 3.35. The van der Waals surface area contributed by atoms with E-state index >= 15 is 0 Å². The Kier molecular flexibility index (Phi) is 1.45. The fraction of sp³-hybridized carbons (Fsp3) is 0.625. The van der Waals surface area contributed by atoms with E-state index in [9.17, 15) is 5.11 Å². The average Bonchev–Trinajstić information content (AvgIpc) is 2.73. The summed E-state index contributed by atoms with van der Waals surface area (Å²) >= 11 is 0. The maximum atomic E-state index is 9.67. The number of nitrogens with zero attached hydrogens (tertiary/aromatic N) is 2. The monoisotopic (exact) mass is 186 g/mol. The Labute approximate surface area is 80.5 Å². The van der Waals surface area contributed by atoms with Crippen LogP contribution in [0, 0.1) is 0 Å². The molecule has 72 valence electrons. The SMILES string of the molecule is [2H]C([2H])([2H])O[C@H]1CN(c2cc[nH]n2)C[C@H]1O. The van der Waals surface area contributed by atoms with Crippen LogP contribution in [0.15, 0.2) is 12.3 Å². The molecule has 1 aliphatic heterocycles. The zero-order chi connectivity index (χ0) is 11.8. The Morgan fingerprint density at radius 3 is 3.46 bits per heavy atom. The number of aromatic amines is 1.